The monoisotopic (exact) mass is 302 g/mol. The molecule has 2 amide bonds. The van der Waals surface area contributed by atoms with Crippen molar-refractivity contribution in [1.82, 2.24) is 5.32 Å². The maximum Gasteiger partial charge on any atom is 0.240 e. The third kappa shape index (κ3) is 4.16. The number of nitrogens with zero attached hydrogens (tertiary/aromatic N) is 1. The maximum absolute atomic E-state index is 12.1. The van der Waals surface area contributed by atoms with Crippen LogP contribution in [-0.4, -0.2) is 30.2 Å². The highest BCUT2D eigenvalue weighted by Crippen LogP contribution is 2.19. The van der Waals surface area contributed by atoms with Crippen molar-refractivity contribution in [2.45, 2.75) is 45.6 Å². The Morgan fingerprint density at radius 2 is 1.86 bits per heavy atom. The summed E-state index contributed by atoms with van der Waals surface area (Å²) in [6.45, 7) is 2.88. The van der Waals surface area contributed by atoms with Crippen molar-refractivity contribution >= 4 is 23.3 Å². The molecule has 1 N–H and O–H groups in total. The summed E-state index contributed by atoms with van der Waals surface area (Å²) in [5, 5.41) is 2.97. The molecule has 5 heteroatoms. The van der Waals surface area contributed by atoms with Crippen LogP contribution in [0.5, 0.6) is 0 Å². The Hall–Kier alpha value is -2.17. The summed E-state index contributed by atoms with van der Waals surface area (Å²) in [5.74, 6) is -0.446. The number of nitrogens with one attached hydrogen (secondary N) is 1. The maximum atomic E-state index is 12.1. The first kappa shape index (κ1) is 16.2. The van der Waals surface area contributed by atoms with Crippen LogP contribution < -0.4 is 10.2 Å². The lowest BCUT2D eigenvalue weighted by Gasteiger charge is -2.22. The van der Waals surface area contributed by atoms with E-state index in [0.717, 1.165) is 25.7 Å². The van der Waals surface area contributed by atoms with Crippen LogP contribution >= 0.6 is 0 Å². The summed E-state index contributed by atoms with van der Waals surface area (Å²) in [6.07, 6.45) is 4.29. The van der Waals surface area contributed by atoms with Gasteiger partial charge in [-0.1, -0.05) is 25.0 Å². The zero-order valence-electron chi connectivity index (χ0n) is 13.1. The SMILES string of the molecule is CC(=O)c1cccc(N(CC(=O)NC2CCCC2)C(C)=O)c1. The van der Waals surface area contributed by atoms with Gasteiger partial charge < -0.3 is 10.2 Å². The van der Waals surface area contributed by atoms with Crippen molar-refractivity contribution in [2.24, 2.45) is 0 Å². The number of benzene rings is 1. The van der Waals surface area contributed by atoms with Gasteiger partial charge in [-0.25, -0.2) is 0 Å². The van der Waals surface area contributed by atoms with E-state index in [1.165, 1.54) is 18.7 Å². The van der Waals surface area contributed by atoms with Crippen molar-refractivity contribution in [3.8, 4) is 0 Å². The molecule has 0 bridgehead atoms. The molecule has 1 aliphatic rings. The minimum atomic E-state index is -0.220. The molecular formula is C17H22N2O3. The summed E-state index contributed by atoms with van der Waals surface area (Å²) in [7, 11) is 0. The van der Waals surface area contributed by atoms with Gasteiger partial charge in [-0.2, -0.15) is 0 Å². The van der Waals surface area contributed by atoms with Gasteiger partial charge in [-0.05, 0) is 31.9 Å². The van der Waals surface area contributed by atoms with Crippen LogP contribution in [0, 0.1) is 0 Å². The van der Waals surface area contributed by atoms with Crippen LogP contribution in [0.3, 0.4) is 0 Å². The smallest absolute Gasteiger partial charge is 0.240 e. The Morgan fingerprint density at radius 3 is 2.45 bits per heavy atom. The highest BCUT2D eigenvalue weighted by molar-refractivity contribution is 6.00. The van der Waals surface area contributed by atoms with Gasteiger partial charge in [0.15, 0.2) is 5.78 Å². The number of Topliss-reactive ketones (excluding diaryl/α,β-unsaturated/α-hetero) is 1. The normalized spacial score (nSPS) is 14.6. The molecule has 1 aromatic rings. The standard InChI is InChI=1S/C17H22N2O3/c1-12(20)14-6-5-9-16(10-14)19(13(2)21)11-17(22)18-15-7-3-4-8-15/h5-6,9-10,15H,3-4,7-8,11H2,1-2H3,(H,18,22). The Labute approximate surface area is 130 Å². The van der Waals surface area contributed by atoms with Gasteiger partial charge in [0.05, 0.1) is 0 Å². The van der Waals surface area contributed by atoms with E-state index in [9.17, 15) is 14.4 Å². The molecule has 2 rings (SSSR count). The number of rotatable bonds is 5. The van der Waals surface area contributed by atoms with Crippen molar-refractivity contribution in [3.05, 3.63) is 29.8 Å². The van der Waals surface area contributed by atoms with E-state index in [2.05, 4.69) is 5.32 Å². The second-order valence-electron chi connectivity index (χ2n) is 5.76. The first-order valence-electron chi connectivity index (χ1n) is 7.66. The Balaban J connectivity index is 2.09. The topological polar surface area (TPSA) is 66.5 Å². The highest BCUT2D eigenvalue weighted by atomic mass is 16.2. The molecule has 118 valence electrons. The lowest BCUT2D eigenvalue weighted by Crippen LogP contribution is -2.43. The molecule has 0 unspecified atom stereocenters. The van der Waals surface area contributed by atoms with E-state index in [1.807, 2.05) is 0 Å². The Morgan fingerprint density at radius 1 is 1.18 bits per heavy atom. The molecule has 22 heavy (non-hydrogen) atoms. The third-order valence-electron chi connectivity index (χ3n) is 3.97. The van der Waals surface area contributed by atoms with Gasteiger partial charge in [-0.15, -0.1) is 0 Å². The molecule has 0 heterocycles. The van der Waals surface area contributed by atoms with Gasteiger partial charge in [0.25, 0.3) is 0 Å². The molecule has 0 spiro atoms. The van der Waals surface area contributed by atoms with Gasteiger partial charge in [0, 0.05) is 24.2 Å². The largest absolute Gasteiger partial charge is 0.352 e. The van der Waals surface area contributed by atoms with Gasteiger partial charge >= 0.3 is 0 Å². The number of ketones is 1. The molecule has 0 aromatic heterocycles. The quantitative estimate of drug-likeness (QED) is 0.849. The summed E-state index contributed by atoms with van der Waals surface area (Å²) >= 11 is 0. The van der Waals surface area contributed by atoms with E-state index in [-0.39, 0.29) is 30.2 Å². The Kier molecular flexibility index (Phi) is 5.31. The van der Waals surface area contributed by atoms with E-state index >= 15 is 0 Å². The fourth-order valence-corrected chi connectivity index (χ4v) is 2.76. The minimum absolute atomic E-state index is 0.0206. The third-order valence-corrected chi connectivity index (χ3v) is 3.97. The van der Waals surface area contributed by atoms with Crippen LogP contribution in [0.1, 0.15) is 49.9 Å². The fourth-order valence-electron chi connectivity index (χ4n) is 2.76. The van der Waals surface area contributed by atoms with E-state index < -0.39 is 0 Å². The molecule has 0 atom stereocenters. The molecule has 1 saturated carbocycles. The van der Waals surface area contributed by atoms with E-state index in [4.69, 9.17) is 0 Å². The van der Waals surface area contributed by atoms with Crippen molar-refractivity contribution in [2.75, 3.05) is 11.4 Å². The number of amides is 2. The summed E-state index contributed by atoms with van der Waals surface area (Å²) in [6, 6.07) is 7.02. The fraction of sp³-hybridized carbons (Fsp3) is 0.471. The van der Waals surface area contributed by atoms with Crippen molar-refractivity contribution < 1.29 is 14.4 Å². The average molecular weight is 302 g/mol. The molecule has 0 radical (unpaired) electrons. The predicted molar refractivity (Wildman–Crippen MR) is 84.9 cm³/mol. The number of anilines is 1. The Bertz CT molecular complexity index is 577. The van der Waals surface area contributed by atoms with E-state index in [0.29, 0.717) is 11.3 Å². The van der Waals surface area contributed by atoms with Crippen molar-refractivity contribution in [3.63, 3.8) is 0 Å². The van der Waals surface area contributed by atoms with E-state index in [1.54, 1.807) is 24.3 Å². The molecule has 1 aromatic carbocycles. The first-order chi connectivity index (χ1) is 10.5. The molecule has 1 aliphatic carbocycles. The molecule has 0 saturated heterocycles. The number of carbonyl (C=O) groups excluding carboxylic acids is 3. The second kappa shape index (κ2) is 7.20. The molecule has 0 aliphatic heterocycles. The lowest BCUT2D eigenvalue weighted by atomic mass is 10.1. The highest BCUT2D eigenvalue weighted by Gasteiger charge is 2.21. The number of hydrogen-bond donors (Lipinski definition) is 1. The van der Waals surface area contributed by atoms with Gasteiger partial charge in [0.2, 0.25) is 11.8 Å². The molecular weight excluding hydrogens is 280 g/mol. The first-order valence-corrected chi connectivity index (χ1v) is 7.66. The second-order valence-corrected chi connectivity index (χ2v) is 5.76. The average Bonchev–Trinajstić information content (AvgIpc) is 2.97. The number of hydrogen-bond acceptors (Lipinski definition) is 3. The van der Waals surface area contributed by atoms with Crippen LogP contribution in [0.15, 0.2) is 24.3 Å². The van der Waals surface area contributed by atoms with Crippen molar-refractivity contribution in [1.29, 1.82) is 0 Å². The lowest BCUT2D eigenvalue weighted by molar-refractivity contribution is -0.123. The zero-order valence-corrected chi connectivity index (χ0v) is 13.1. The van der Waals surface area contributed by atoms with Gasteiger partial charge in [-0.3, -0.25) is 14.4 Å². The van der Waals surface area contributed by atoms with Crippen LogP contribution in [0.4, 0.5) is 5.69 Å². The summed E-state index contributed by atoms with van der Waals surface area (Å²) < 4.78 is 0. The predicted octanol–water partition coefficient (Wildman–Crippen LogP) is 2.30. The summed E-state index contributed by atoms with van der Waals surface area (Å²) in [5.41, 5.74) is 1.10. The molecule has 1 fully saturated rings. The van der Waals surface area contributed by atoms with Crippen LogP contribution in [0.2, 0.25) is 0 Å². The summed E-state index contributed by atoms with van der Waals surface area (Å²) in [4.78, 5) is 36.9. The van der Waals surface area contributed by atoms with Gasteiger partial charge in [0.1, 0.15) is 6.54 Å². The molecule has 5 nitrogen and oxygen atoms in total. The van der Waals surface area contributed by atoms with Crippen LogP contribution in [0.25, 0.3) is 0 Å². The minimum Gasteiger partial charge on any atom is -0.352 e. The number of carbonyl (C=O) groups is 3. The van der Waals surface area contributed by atoms with Crippen LogP contribution in [-0.2, 0) is 9.59 Å². The zero-order chi connectivity index (χ0) is 16.1.